The lowest BCUT2D eigenvalue weighted by Gasteiger charge is -2.39. The first-order chi connectivity index (χ1) is 13.4. The van der Waals surface area contributed by atoms with Crippen molar-refractivity contribution in [2.75, 3.05) is 24.5 Å². The second kappa shape index (κ2) is 7.24. The van der Waals surface area contributed by atoms with Gasteiger partial charge < -0.3 is 15.3 Å². The van der Waals surface area contributed by atoms with Gasteiger partial charge in [-0.05, 0) is 62.9 Å². The molecule has 3 heterocycles. The third-order valence-corrected chi connectivity index (χ3v) is 5.71. The number of hydrogen-bond donors (Lipinski definition) is 2. The Balaban J connectivity index is 1.71. The van der Waals surface area contributed by atoms with Gasteiger partial charge in [-0.25, -0.2) is 0 Å². The van der Waals surface area contributed by atoms with Crippen LogP contribution in [0.4, 0.5) is 19.0 Å². The average Bonchev–Trinajstić information content (AvgIpc) is 2.68. The number of nitrogens with zero attached hydrogens (tertiary/aromatic N) is 3. The smallest absolute Gasteiger partial charge is 0.416 e. The molecule has 0 radical (unpaired) electrons. The number of fused-ring (bicyclic) bond motifs is 1. The molecule has 1 saturated heterocycles. The maximum Gasteiger partial charge on any atom is 0.416 e. The highest BCUT2D eigenvalue weighted by Crippen LogP contribution is 2.39. The van der Waals surface area contributed by atoms with Crippen molar-refractivity contribution in [2.45, 2.75) is 44.8 Å². The van der Waals surface area contributed by atoms with E-state index >= 15 is 0 Å². The summed E-state index contributed by atoms with van der Waals surface area (Å²) < 4.78 is 38.6. The van der Waals surface area contributed by atoms with Crippen molar-refractivity contribution in [3.05, 3.63) is 34.9 Å². The van der Waals surface area contributed by atoms with Gasteiger partial charge in [-0.1, -0.05) is 0 Å². The summed E-state index contributed by atoms with van der Waals surface area (Å²) >= 11 is 0. The van der Waals surface area contributed by atoms with Crippen LogP contribution in [0.15, 0.2) is 18.2 Å². The number of alkyl halides is 3. The first-order valence-electron chi connectivity index (χ1n) is 9.60. The number of aromatic hydroxyl groups is 1. The Morgan fingerprint density at radius 1 is 1.21 bits per heavy atom. The maximum atomic E-state index is 12.9. The van der Waals surface area contributed by atoms with Crippen LogP contribution < -0.4 is 10.2 Å². The molecule has 2 N–H and O–H groups in total. The van der Waals surface area contributed by atoms with Gasteiger partial charge in [0.15, 0.2) is 5.82 Å². The molecule has 2 aromatic rings. The Kier molecular flexibility index (Phi) is 4.91. The topological polar surface area (TPSA) is 61.3 Å². The molecule has 0 aliphatic carbocycles. The molecule has 2 aliphatic heterocycles. The van der Waals surface area contributed by atoms with Gasteiger partial charge in [-0.15, -0.1) is 10.2 Å². The van der Waals surface area contributed by atoms with Crippen molar-refractivity contribution in [3.8, 4) is 17.0 Å². The van der Waals surface area contributed by atoms with E-state index in [4.69, 9.17) is 0 Å². The third kappa shape index (κ3) is 3.41. The Morgan fingerprint density at radius 3 is 2.71 bits per heavy atom. The number of nitrogens with one attached hydrogen (secondary N) is 1. The average molecular weight is 392 g/mol. The lowest BCUT2D eigenvalue weighted by atomic mass is 9.94. The van der Waals surface area contributed by atoms with E-state index in [1.807, 2.05) is 6.92 Å². The molecule has 1 aromatic heterocycles. The van der Waals surface area contributed by atoms with Crippen molar-refractivity contribution < 1.29 is 18.3 Å². The molecular formula is C20H23F3N4O. The number of piperidine rings is 1. The van der Waals surface area contributed by atoms with Crippen LogP contribution in [0.3, 0.4) is 0 Å². The Bertz CT molecular complexity index is 878. The standard InChI is InChI=1S/C20H23F3N4O/c1-12-15-5-3-9-27(14-4-2-8-24-11-14)19(15)26-25-18(12)16-7-6-13(10-17(16)28)20(21,22)23/h6-7,10,14,24,28H,2-5,8-9,11H2,1H3/t14-/m1/s1. The highest BCUT2D eigenvalue weighted by molar-refractivity contribution is 5.73. The lowest BCUT2D eigenvalue weighted by molar-refractivity contribution is -0.137. The molecule has 8 heteroatoms. The summed E-state index contributed by atoms with van der Waals surface area (Å²) in [6.07, 6.45) is -0.424. The summed E-state index contributed by atoms with van der Waals surface area (Å²) in [4.78, 5) is 2.31. The predicted molar refractivity (Wildman–Crippen MR) is 100 cm³/mol. The van der Waals surface area contributed by atoms with Crippen LogP contribution >= 0.6 is 0 Å². The molecule has 4 rings (SSSR count). The van der Waals surface area contributed by atoms with Crippen molar-refractivity contribution in [2.24, 2.45) is 0 Å². The SMILES string of the molecule is Cc1c(-c2ccc(C(F)(F)F)cc2O)nnc2c1CCCN2[C@@H]1CCCNC1. The lowest BCUT2D eigenvalue weighted by Crippen LogP contribution is -2.48. The zero-order valence-corrected chi connectivity index (χ0v) is 15.7. The molecule has 0 spiro atoms. The van der Waals surface area contributed by atoms with Crippen molar-refractivity contribution in [1.82, 2.24) is 15.5 Å². The van der Waals surface area contributed by atoms with Gasteiger partial charge in [0.2, 0.25) is 0 Å². The number of halogens is 3. The number of hydrogen-bond acceptors (Lipinski definition) is 5. The minimum Gasteiger partial charge on any atom is -0.507 e. The van der Waals surface area contributed by atoms with Gasteiger partial charge in [0.05, 0.1) is 11.3 Å². The molecule has 28 heavy (non-hydrogen) atoms. The van der Waals surface area contributed by atoms with Crippen LogP contribution in [-0.2, 0) is 12.6 Å². The molecular weight excluding hydrogens is 369 g/mol. The van der Waals surface area contributed by atoms with Gasteiger partial charge >= 0.3 is 6.18 Å². The number of benzene rings is 1. The summed E-state index contributed by atoms with van der Waals surface area (Å²) in [5.74, 6) is 0.434. The second-order valence-electron chi connectivity index (χ2n) is 7.50. The van der Waals surface area contributed by atoms with Crippen LogP contribution in [0, 0.1) is 6.92 Å². The summed E-state index contributed by atoms with van der Waals surface area (Å²) in [5, 5.41) is 22.4. The molecule has 150 valence electrons. The Morgan fingerprint density at radius 2 is 2.04 bits per heavy atom. The first kappa shape index (κ1) is 19.0. The number of phenols is 1. The van der Waals surface area contributed by atoms with E-state index in [1.54, 1.807) is 0 Å². The minimum atomic E-state index is -4.50. The number of phenolic OH excluding ortho intramolecular Hbond substituents is 1. The highest BCUT2D eigenvalue weighted by atomic mass is 19.4. The van der Waals surface area contributed by atoms with E-state index in [0.717, 1.165) is 74.4 Å². The zero-order valence-electron chi connectivity index (χ0n) is 15.7. The van der Waals surface area contributed by atoms with Crippen LogP contribution in [0.1, 0.15) is 36.0 Å². The van der Waals surface area contributed by atoms with E-state index in [9.17, 15) is 18.3 Å². The monoisotopic (exact) mass is 392 g/mol. The van der Waals surface area contributed by atoms with E-state index < -0.39 is 17.5 Å². The Labute approximate surface area is 161 Å². The van der Waals surface area contributed by atoms with E-state index in [0.29, 0.717) is 11.7 Å². The highest BCUT2D eigenvalue weighted by Gasteiger charge is 2.32. The number of rotatable bonds is 2. The Hall–Kier alpha value is -2.35. The van der Waals surface area contributed by atoms with Gasteiger partial charge in [0, 0.05) is 30.3 Å². The van der Waals surface area contributed by atoms with Crippen LogP contribution in [0.2, 0.25) is 0 Å². The van der Waals surface area contributed by atoms with Gasteiger partial charge in [0.25, 0.3) is 0 Å². The first-order valence-corrected chi connectivity index (χ1v) is 9.60. The van der Waals surface area contributed by atoms with Gasteiger partial charge in [-0.3, -0.25) is 0 Å². The predicted octanol–water partition coefficient (Wildman–Crippen LogP) is 3.68. The summed E-state index contributed by atoms with van der Waals surface area (Å²) in [6, 6.07) is 3.37. The zero-order chi connectivity index (χ0) is 19.9. The maximum absolute atomic E-state index is 12.9. The van der Waals surface area contributed by atoms with E-state index in [2.05, 4.69) is 20.4 Å². The molecule has 5 nitrogen and oxygen atoms in total. The molecule has 1 fully saturated rings. The molecule has 0 unspecified atom stereocenters. The molecule has 0 bridgehead atoms. The molecule has 2 aliphatic rings. The second-order valence-corrected chi connectivity index (χ2v) is 7.50. The molecule has 1 aromatic carbocycles. The van der Waals surface area contributed by atoms with Crippen LogP contribution in [-0.4, -0.2) is 41.0 Å². The number of aromatic nitrogens is 2. The largest absolute Gasteiger partial charge is 0.507 e. The summed E-state index contributed by atoms with van der Waals surface area (Å²) in [6.45, 7) is 4.79. The van der Waals surface area contributed by atoms with Gasteiger partial charge in [-0.2, -0.15) is 13.2 Å². The fourth-order valence-electron chi connectivity index (χ4n) is 4.22. The van der Waals surface area contributed by atoms with E-state index in [1.165, 1.54) is 6.07 Å². The quantitative estimate of drug-likeness (QED) is 0.817. The summed E-state index contributed by atoms with van der Waals surface area (Å²) in [7, 11) is 0. The number of anilines is 1. The molecule has 0 amide bonds. The molecule has 0 saturated carbocycles. The minimum absolute atomic E-state index is 0.275. The van der Waals surface area contributed by atoms with E-state index in [-0.39, 0.29) is 5.56 Å². The van der Waals surface area contributed by atoms with Crippen molar-refractivity contribution in [3.63, 3.8) is 0 Å². The fraction of sp³-hybridized carbons (Fsp3) is 0.500. The fourth-order valence-corrected chi connectivity index (χ4v) is 4.22. The van der Waals surface area contributed by atoms with Crippen LogP contribution in [0.5, 0.6) is 5.75 Å². The van der Waals surface area contributed by atoms with Gasteiger partial charge in [0.1, 0.15) is 5.75 Å². The van der Waals surface area contributed by atoms with Crippen LogP contribution in [0.25, 0.3) is 11.3 Å². The summed E-state index contributed by atoms with van der Waals surface area (Å²) in [5.41, 5.74) is 1.77. The molecule has 1 atom stereocenters. The van der Waals surface area contributed by atoms with Crippen molar-refractivity contribution in [1.29, 1.82) is 0 Å². The third-order valence-electron chi connectivity index (χ3n) is 5.71. The normalized spacial score (nSPS) is 20.1. The van der Waals surface area contributed by atoms with Crippen molar-refractivity contribution >= 4 is 5.82 Å².